The van der Waals surface area contributed by atoms with Crippen molar-refractivity contribution < 1.29 is 0 Å². The van der Waals surface area contributed by atoms with Crippen LogP contribution < -0.4 is 0 Å². The molecular weight excluding hydrogens is 300 g/mol. The summed E-state index contributed by atoms with van der Waals surface area (Å²) >= 11 is 0. The van der Waals surface area contributed by atoms with Crippen LogP contribution in [0.4, 0.5) is 0 Å². The molecule has 117 valence electrons. The van der Waals surface area contributed by atoms with Gasteiger partial charge in [0.15, 0.2) is 0 Å². The van der Waals surface area contributed by atoms with Crippen molar-refractivity contribution in [3.63, 3.8) is 0 Å². The van der Waals surface area contributed by atoms with Gasteiger partial charge in [-0.25, -0.2) is 0 Å². The maximum Gasteiger partial charge on any atom is 0.0713 e. The van der Waals surface area contributed by atoms with Crippen molar-refractivity contribution in [2.45, 2.75) is 5.41 Å². The van der Waals surface area contributed by atoms with Gasteiger partial charge in [0.25, 0.3) is 0 Å². The Balaban J connectivity index is 1.98. The molecule has 0 heteroatoms. The van der Waals surface area contributed by atoms with Gasteiger partial charge >= 0.3 is 0 Å². The molecule has 5 rings (SSSR count). The summed E-state index contributed by atoms with van der Waals surface area (Å²) in [4.78, 5) is 0. The highest BCUT2D eigenvalue weighted by molar-refractivity contribution is 5.86. The minimum Gasteiger partial charge on any atom is -0.0622 e. The molecule has 25 heavy (non-hydrogen) atoms. The van der Waals surface area contributed by atoms with Crippen LogP contribution in [0.3, 0.4) is 0 Å². The van der Waals surface area contributed by atoms with Crippen LogP contribution in [-0.2, 0) is 5.41 Å². The Hall–Kier alpha value is -3.12. The normalized spacial score (nSPS) is 13.9. The second-order valence-electron chi connectivity index (χ2n) is 6.50. The monoisotopic (exact) mass is 317 g/mol. The number of hydrogen-bond acceptors (Lipinski definition) is 0. The molecule has 0 aliphatic heterocycles. The summed E-state index contributed by atoms with van der Waals surface area (Å²) in [6, 6.07) is 40.1. The van der Waals surface area contributed by atoms with Crippen LogP contribution in [-0.4, -0.2) is 0 Å². The van der Waals surface area contributed by atoms with Crippen molar-refractivity contribution in [1.29, 1.82) is 0 Å². The first-order valence-electron chi connectivity index (χ1n) is 8.64. The summed E-state index contributed by atoms with van der Waals surface area (Å²) in [7, 11) is 0. The molecule has 0 fully saturated rings. The topological polar surface area (TPSA) is 0 Å². The molecule has 0 spiro atoms. The van der Waals surface area contributed by atoms with Gasteiger partial charge in [0, 0.05) is 0 Å². The fraction of sp³-hybridized carbons (Fsp3) is 0.0400. The Kier molecular flexibility index (Phi) is 3.11. The van der Waals surface area contributed by atoms with Crippen molar-refractivity contribution in [3.8, 4) is 11.1 Å². The van der Waals surface area contributed by atoms with Crippen molar-refractivity contribution in [1.82, 2.24) is 0 Å². The van der Waals surface area contributed by atoms with E-state index >= 15 is 0 Å². The van der Waals surface area contributed by atoms with Crippen LogP contribution in [0.5, 0.6) is 0 Å². The van der Waals surface area contributed by atoms with Gasteiger partial charge in [0.2, 0.25) is 0 Å². The first-order chi connectivity index (χ1) is 12.4. The minimum atomic E-state index is -0.286. The van der Waals surface area contributed by atoms with E-state index in [9.17, 15) is 0 Å². The molecule has 1 aliphatic carbocycles. The highest BCUT2D eigenvalue weighted by atomic mass is 14.5. The third-order valence-corrected chi connectivity index (χ3v) is 5.30. The van der Waals surface area contributed by atoms with E-state index in [-0.39, 0.29) is 5.41 Å². The van der Waals surface area contributed by atoms with Crippen LogP contribution in [0.2, 0.25) is 0 Å². The molecule has 0 bridgehead atoms. The zero-order chi connectivity index (χ0) is 16.7. The lowest BCUT2D eigenvalue weighted by Crippen LogP contribution is -2.28. The fourth-order valence-electron chi connectivity index (χ4n) is 4.34. The Bertz CT molecular complexity index is 943. The maximum absolute atomic E-state index is 3.29. The van der Waals surface area contributed by atoms with Crippen molar-refractivity contribution in [3.05, 3.63) is 131 Å². The molecule has 0 unspecified atom stereocenters. The van der Waals surface area contributed by atoms with E-state index in [1.165, 1.54) is 33.4 Å². The largest absolute Gasteiger partial charge is 0.0713 e. The predicted molar refractivity (Wildman–Crippen MR) is 103 cm³/mol. The van der Waals surface area contributed by atoms with Gasteiger partial charge in [-0.15, -0.1) is 0 Å². The number of hydrogen-bond donors (Lipinski definition) is 0. The molecule has 0 saturated carbocycles. The molecular formula is C25H17. The summed E-state index contributed by atoms with van der Waals surface area (Å²) in [5, 5.41) is 0. The third-order valence-electron chi connectivity index (χ3n) is 5.30. The van der Waals surface area contributed by atoms with E-state index in [2.05, 4.69) is 103 Å². The highest BCUT2D eigenvalue weighted by Gasteiger charge is 2.45. The van der Waals surface area contributed by atoms with Gasteiger partial charge in [-0.3, -0.25) is 0 Å². The molecule has 0 saturated heterocycles. The summed E-state index contributed by atoms with van der Waals surface area (Å²) in [6.07, 6.45) is 0. The van der Waals surface area contributed by atoms with E-state index in [1.807, 2.05) is 6.07 Å². The lowest BCUT2D eigenvalue weighted by Gasteiger charge is -2.33. The zero-order valence-corrected chi connectivity index (χ0v) is 13.8. The van der Waals surface area contributed by atoms with Crippen LogP contribution in [0, 0.1) is 6.07 Å². The van der Waals surface area contributed by atoms with Crippen LogP contribution >= 0.6 is 0 Å². The fourth-order valence-corrected chi connectivity index (χ4v) is 4.34. The minimum absolute atomic E-state index is 0.286. The lowest BCUT2D eigenvalue weighted by atomic mass is 9.68. The second-order valence-corrected chi connectivity index (χ2v) is 6.50. The van der Waals surface area contributed by atoms with Gasteiger partial charge in [-0.2, -0.15) is 0 Å². The Morgan fingerprint density at radius 2 is 1.08 bits per heavy atom. The third kappa shape index (κ3) is 1.88. The SMILES string of the molecule is [c]1cccc(C2(c3ccccc3)c3ccccc3-c3ccccc32)c1. The molecule has 1 radical (unpaired) electrons. The van der Waals surface area contributed by atoms with E-state index in [0.29, 0.717) is 0 Å². The average molecular weight is 317 g/mol. The Labute approximate surface area is 148 Å². The summed E-state index contributed by atoms with van der Waals surface area (Å²) in [6.45, 7) is 0. The molecule has 0 heterocycles. The second kappa shape index (κ2) is 5.46. The first kappa shape index (κ1) is 14.2. The summed E-state index contributed by atoms with van der Waals surface area (Å²) < 4.78 is 0. The summed E-state index contributed by atoms with van der Waals surface area (Å²) in [5.74, 6) is 0. The smallest absolute Gasteiger partial charge is 0.0622 e. The number of rotatable bonds is 2. The van der Waals surface area contributed by atoms with Gasteiger partial charge in [-0.1, -0.05) is 97.1 Å². The standard InChI is InChI=1S/C25H17/c1-3-11-19(12-4-1)25(20-13-5-2-6-14-20)23-17-9-7-15-21(23)22-16-8-10-18-24(22)25/h1-5,7-18H. The molecule has 0 amide bonds. The number of benzene rings is 4. The zero-order valence-electron chi connectivity index (χ0n) is 13.8. The van der Waals surface area contributed by atoms with E-state index in [0.717, 1.165) is 0 Å². The van der Waals surface area contributed by atoms with Crippen molar-refractivity contribution >= 4 is 0 Å². The quantitative estimate of drug-likeness (QED) is 0.383. The molecule has 1 aliphatic rings. The predicted octanol–water partition coefficient (Wildman–Crippen LogP) is 5.85. The first-order valence-corrected chi connectivity index (χ1v) is 8.64. The van der Waals surface area contributed by atoms with Gasteiger partial charge in [0.05, 0.1) is 5.41 Å². The van der Waals surface area contributed by atoms with E-state index in [1.54, 1.807) is 0 Å². The van der Waals surface area contributed by atoms with Crippen molar-refractivity contribution in [2.24, 2.45) is 0 Å². The Morgan fingerprint density at radius 3 is 1.68 bits per heavy atom. The molecule has 4 aromatic rings. The van der Waals surface area contributed by atoms with Crippen molar-refractivity contribution in [2.75, 3.05) is 0 Å². The molecule has 0 atom stereocenters. The van der Waals surface area contributed by atoms with Gasteiger partial charge in [0.1, 0.15) is 0 Å². The number of fused-ring (bicyclic) bond motifs is 3. The van der Waals surface area contributed by atoms with Gasteiger partial charge < -0.3 is 0 Å². The summed E-state index contributed by atoms with van der Waals surface area (Å²) in [5.41, 5.74) is 7.62. The molecule has 0 aromatic heterocycles. The lowest BCUT2D eigenvalue weighted by molar-refractivity contribution is 0.768. The van der Waals surface area contributed by atoms with Crippen LogP contribution in [0.15, 0.2) is 103 Å². The molecule has 0 nitrogen and oxygen atoms in total. The van der Waals surface area contributed by atoms with E-state index in [4.69, 9.17) is 0 Å². The average Bonchev–Trinajstić information content (AvgIpc) is 3.01. The molecule has 0 N–H and O–H groups in total. The van der Waals surface area contributed by atoms with Crippen LogP contribution in [0.25, 0.3) is 11.1 Å². The molecule has 4 aromatic carbocycles. The van der Waals surface area contributed by atoms with Crippen LogP contribution in [0.1, 0.15) is 22.3 Å². The van der Waals surface area contributed by atoms with E-state index < -0.39 is 0 Å². The van der Waals surface area contributed by atoms with Gasteiger partial charge in [-0.05, 0) is 45.5 Å². The Morgan fingerprint density at radius 1 is 0.520 bits per heavy atom. The maximum atomic E-state index is 3.29. The highest BCUT2D eigenvalue weighted by Crippen LogP contribution is 2.55.